The number of rotatable bonds is 17. The van der Waals surface area contributed by atoms with E-state index in [9.17, 15) is 9.59 Å². The van der Waals surface area contributed by atoms with Crippen LogP contribution in [0.2, 0.25) is 0 Å². The minimum atomic E-state index is -0.387. The van der Waals surface area contributed by atoms with Gasteiger partial charge >= 0.3 is 11.9 Å². The molecule has 0 aliphatic rings. The van der Waals surface area contributed by atoms with Gasteiger partial charge in [-0.1, -0.05) is 118 Å². The maximum absolute atomic E-state index is 12.6. The molecule has 0 bridgehead atoms. The van der Waals surface area contributed by atoms with Crippen molar-refractivity contribution in [1.29, 1.82) is 0 Å². The Morgan fingerprint density at radius 3 is 2.02 bits per heavy atom. The summed E-state index contributed by atoms with van der Waals surface area (Å²) in [5.41, 5.74) is 5.53. The normalized spacial score (nSPS) is 12.5. The van der Waals surface area contributed by atoms with Gasteiger partial charge in [0, 0.05) is 0 Å². The van der Waals surface area contributed by atoms with E-state index in [1.54, 1.807) is 36.4 Å². The van der Waals surface area contributed by atoms with Crippen molar-refractivity contribution in [2.24, 2.45) is 5.92 Å². The van der Waals surface area contributed by atoms with Gasteiger partial charge in [-0.3, -0.25) is 0 Å². The minimum absolute atomic E-state index is 0.308. The molecule has 2 atom stereocenters. The summed E-state index contributed by atoms with van der Waals surface area (Å²) in [5.74, 6) is 1.04. The van der Waals surface area contributed by atoms with Gasteiger partial charge in [0.1, 0.15) is 5.75 Å². The third-order valence-electron chi connectivity index (χ3n) is 8.37. The number of allylic oxidation sites excluding steroid dienone is 2. The highest BCUT2D eigenvalue weighted by Crippen LogP contribution is 2.30. The van der Waals surface area contributed by atoms with E-state index in [0.29, 0.717) is 35.3 Å². The van der Waals surface area contributed by atoms with Crippen LogP contribution in [0.1, 0.15) is 103 Å². The molecule has 0 aliphatic carbocycles. The Balaban J connectivity index is 1.15. The molecule has 4 rings (SSSR count). The molecule has 0 heterocycles. The third kappa shape index (κ3) is 11.2. The number of unbranched alkanes of at least 4 members (excludes halogenated alkanes) is 3. The van der Waals surface area contributed by atoms with Crippen LogP contribution in [-0.4, -0.2) is 18.5 Å². The first-order valence-corrected chi connectivity index (χ1v) is 16.8. The summed E-state index contributed by atoms with van der Waals surface area (Å²) in [7, 11) is 0. The van der Waals surface area contributed by atoms with Crippen molar-refractivity contribution in [3.8, 4) is 16.9 Å². The number of esters is 2. The molecule has 0 spiro atoms. The average Bonchev–Trinajstić information content (AvgIpc) is 3.08. The molecule has 46 heavy (non-hydrogen) atoms. The highest BCUT2D eigenvalue weighted by atomic mass is 16.5. The second-order valence-electron chi connectivity index (χ2n) is 12.3. The van der Waals surface area contributed by atoms with Crippen molar-refractivity contribution in [1.82, 2.24) is 0 Å². The first-order valence-electron chi connectivity index (χ1n) is 16.8. The fourth-order valence-electron chi connectivity index (χ4n) is 5.63. The Morgan fingerprint density at radius 1 is 0.717 bits per heavy atom. The molecular formula is C42H48O4. The van der Waals surface area contributed by atoms with Gasteiger partial charge in [0.05, 0.1) is 17.7 Å². The number of ether oxygens (including phenoxy) is 2. The van der Waals surface area contributed by atoms with Gasteiger partial charge < -0.3 is 9.47 Å². The van der Waals surface area contributed by atoms with Crippen LogP contribution in [0.3, 0.4) is 0 Å². The van der Waals surface area contributed by atoms with Crippen LogP contribution in [0, 0.1) is 12.8 Å². The SMILES string of the molecule is CCCCCC(CC(C)C/C=C\CCCOC(=O)c1ccc(-c2ccc(OC(=O)c3ccc(C)cc3)cc2)cc1)c1ccccc1. The number of benzene rings is 4. The molecule has 4 nitrogen and oxygen atoms in total. The number of hydrogen-bond acceptors (Lipinski definition) is 4. The van der Waals surface area contributed by atoms with E-state index in [0.717, 1.165) is 36.0 Å². The zero-order chi connectivity index (χ0) is 32.6. The van der Waals surface area contributed by atoms with E-state index in [4.69, 9.17) is 9.47 Å². The molecule has 240 valence electrons. The topological polar surface area (TPSA) is 52.6 Å². The van der Waals surface area contributed by atoms with Gasteiger partial charge in [-0.25, -0.2) is 9.59 Å². The maximum Gasteiger partial charge on any atom is 0.343 e. The van der Waals surface area contributed by atoms with Crippen molar-refractivity contribution in [2.45, 2.75) is 78.1 Å². The van der Waals surface area contributed by atoms with Crippen molar-refractivity contribution >= 4 is 11.9 Å². The van der Waals surface area contributed by atoms with Crippen LogP contribution in [0.5, 0.6) is 5.75 Å². The zero-order valence-electron chi connectivity index (χ0n) is 27.6. The van der Waals surface area contributed by atoms with Crippen molar-refractivity contribution in [3.63, 3.8) is 0 Å². The summed E-state index contributed by atoms with van der Waals surface area (Å²) in [5, 5.41) is 0. The standard InChI is InChI=1S/C42H48O4/c1-4-5-9-17-39(34-15-11-8-12-16-34)31-33(3)14-10-6-7-13-30-45-41(43)37-24-22-35(23-25-37)36-26-28-40(29-27-36)46-42(44)38-20-18-32(2)19-21-38/h6,8,10-12,15-16,18-29,33,39H,4-5,7,9,13-14,17,30-31H2,1-3H3/b10-6-. The number of carbonyl (C=O) groups excluding carboxylic acids is 2. The van der Waals surface area contributed by atoms with Gasteiger partial charge in [-0.05, 0) is 104 Å². The quantitative estimate of drug-likeness (QED) is 0.0512. The molecule has 0 amide bonds. The smallest absolute Gasteiger partial charge is 0.343 e. The van der Waals surface area contributed by atoms with Crippen LogP contribution in [-0.2, 0) is 4.74 Å². The molecule has 0 saturated heterocycles. The van der Waals surface area contributed by atoms with E-state index in [1.165, 1.54) is 37.7 Å². The number of hydrogen-bond donors (Lipinski definition) is 0. The summed E-state index contributed by atoms with van der Waals surface area (Å²) in [4.78, 5) is 25.0. The molecule has 4 heteroatoms. The summed E-state index contributed by atoms with van der Waals surface area (Å²) in [6, 6.07) is 33.0. The summed E-state index contributed by atoms with van der Waals surface area (Å²) >= 11 is 0. The van der Waals surface area contributed by atoms with Gasteiger partial charge in [0.25, 0.3) is 0 Å². The number of carbonyl (C=O) groups is 2. The first kappa shape index (κ1) is 34.4. The van der Waals surface area contributed by atoms with E-state index < -0.39 is 0 Å². The van der Waals surface area contributed by atoms with Crippen molar-refractivity contribution in [2.75, 3.05) is 6.61 Å². The Hall–Kier alpha value is -4.44. The van der Waals surface area contributed by atoms with Gasteiger partial charge in [-0.15, -0.1) is 0 Å². The molecule has 0 fully saturated rings. The predicted octanol–water partition coefficient (Wildman–Crippen LogP) is 11.2. The Bertz CT molecular complexity index is 1500. The molecule has 4 aromatic carbocycles. The Kier molecular flexibility index (Phi) is 13.9. The summed E-state index contributed by atoms with van der Waals surface area (Å²) in [6.45, 7) is 6.99. The molecule has 0 radical (unpaired) electrons. The third-order valence-corrected chi connectivity index (χ3v) is 8.37. The fraction of sp³-hybridized carbons (Fsp3) is 0.333. The fourth-order valence-corrected chi connectivity index (χ4v) is 5.63. The monoisotopic (exact) mass is 616 g/mol. The molecule has 0 saturated carbocycles. The summed E-state index contributed by atoms with van der Waals surface area (Å²) < 4.78 is 11.0. The highest BCUT2D eigenvalue weighted by molar-refractivity contribution is 5.91. The van der Waals surface area contributed by atoms with E-state index in [-0.39, 0.29) is 11.9 Å². The lowest BCUT2D eigenvalue weighted by molar-refractivity contribution is 0.0501. The van der Waals surface area contributed by atoms with E-state index in [2.05, 4.69) is 56.3 Å². The molecular weight excluding hydrogens is 568 g/mol. The lowest BCUT2D eigenvalue weighted by Gasteiger charge is -2.21. The molecule has 4 aromatic rings. The van der Waals surface area contributed by atoms with E-state index >= 15 is 0 Å². The maximum atomic E-state index is 12.6. The average molecular weight is 617 g/mol. The van der Waals surface area contributed by atoms with E-state index in [1.807, 2.05) is 43.3 Å². The number of aryl methyl sites for hydroxylation is 1. The lowest BCUT2D eigenvalue weighted by Crippen LogP contribution is -2.08. The van der Waals surface area contributed by atoms with Crippen LogP contribution in [0.15, 0.2) is 115 Å². The van der Waals surface area contributed by atoms with Crippen LogP contribution >= 0.6 is 0 Å². The van der Waals surface area contributed by atoms with Crippen LogP contribution in [0.25, 0.3) is 11.1 Å². The highest BCUT2D eigenvalue weighted by Gasteiger charge is 2.15. The van der Waals surface area contributed by atoms with Gasteiger partial charge in [0.2, 0.25) is 0 Å². The predicted molar refractivity (Wildman–Crippen MR) is 188 cm³/mol. The summed E-state index contributed by atoms with van der Waals surface area (Å²) in [6.07, 6.45) is 13.6. The van der Waals surface area contributed by atoms with Gasteiger partial charge in [-0.2, -0.15) is 0 Å². The van der Waals surface area contributed by atoms with Crippen LogP contribution in [0.4, 0.5) is 0 Å². The molecule has 0 N–H and O–H groups in total. The second-order valence-corrected chi connectivity index (χ2v) is 12.3. The Labute approximate surface area is 275 Å². The first-order chi connectivity index (χ1) is 22.4. The second kappa shape index (κ2) is 18.5. The molecule has 0 aliphatic heterocycles. The molecule has 0 aromatic heterocycles. The molecule has 2 unspecified atom stereocenters. The largest absolute Gasteiger partial charge is 0.462 e. The van der Waals surface area contributed by atoms with Crippen molar-refractivity contribution < 1.29 is 19.1 Å². The van der Waals surface area contributed by atoms with Crippen LogP contribution < -0.4 is 4.74 Å². The minimum Gasteiger partial charge on any atom is -0.462 e. The zero-order valence-corrected chi connectivity index (χ0v) is 27.6. The van der Waals surface area contributed by atoms with Crippen molar-refractivity contribution in [3.05, 3.63) is 138 Å². The Morgan fingerprint density at radius 2 is 1.35 bits per heavy atom. The van der Waals surface area contributed by atoms with Gasteiger partial charge in [0.15, 0.2) is 0 Å². The lowest BCUT2D eigenvalue weighted by atomic mass is 9.84.